The number of halogens is 1. The summed E-state index contributed by atoms with van der Waals surface area (Å²) in [7, 11) is 0. The Kier molecular flexibility index (Phi) is 4.60. The zero-order chi connectivity index (χ0) is 13.0. The maximum Gasteiger partial charge on any atom is 0.185 e. The van der Waals surface area contributed by atoms with Crippen LogP contribution >= 0.6 is 27.7 Å². The highest BCUT2D eigenvalue weighted by Gasteiger charge is 2.02. The number of rotatable bonds is 4. The molecule has 0 unspecified atom stereocenters. The third kappa shape index (κ3) is 3.46. The van der Waals surface area contributed by atoms with Crippen molar-refractivity contribution < 1.29 is 4.79 Å². The molecular weight excluding hydrogens is 312 g/mol. The highest BCUT2D eigenvalue weighted by atomic mass is 79.9. The van der Waals surface area contributed by atoms with Crippen molar-refractivity contribution >= 4 is 49.8 Å². The number of aromatic amines is 1. The van der Waals surface area contributed by atoms with Crippen LogP contribution in [-0.4, -0.2) is 21.1 Å². The number of hydrogen-bond donors (Lipinski definition) is 1. The van der Waals surface area contributed by atoms with Gasteiger partial charge in [0.2, 0.25) is 0 Å². The van der Waals surface area contributed by atoms with Gasteiger partial charge >= 0.3 is 0 Å². The molecule has 0 bridgehead atoms. The molecule has 0 radical (unpaired) electrons. The van der Waals surface area contributed by atoms with Gasteiger partial charge in [0, 0.05) is 22.5 Å². The summed E-state index contributed by atoms with van der Waals surface area (Å²) in [5.74, 6) is 0.819. The van der Waals surface area contributed by atoms with Gasteiger partial charge in [-0.2, -0.15) is 5.10 Å². The van der Waals surface area contributed by atoms with Crippen LogP contribution in [0.2, 0.25) is 0 Å². The third-order valence-electron chi connectivity index (χ3n) is 2.42. The molecule has 1 heterocycles. The molecule has 0 aliphatic carbocycles. The summed E-state index contributed by atoms with van der Waals surface area (Å²) in [6.07, 6.45) is 4.91. The molecule has 2 rings (SSSR count). The highest BCUT2D eigenvalue weighted by Crippen LogP contribution is 2.21. The van der Waals surface area contributed by atoms with E-state index in [1.165, 1.54) is 11.8 Å². The summed E-state index contributed by atoms with van der Waals surface area (Å²) in [5.41, 5.74) is 1.95. The normalized spacial score (nSPS) is 11.4. The van der Waals surface area contributed by atoms with Crippen LogP contribution in [-0.2, 0) is 4.79 Å². The molecular formula is C13H13BrN2OS. The average molecular weight is 325 g/mol. The van der Waals surface area contributed by atoms with E-state index >= 15 is 0 Å². The van der Waals surface area contributed by atoms with Gasteiger partial charge in [0.25, 0.3) is 0 Å². The maximum atomic E-state index is 10.8. The predicted molar refractivity (Wildman–Crippen MR) is 80.6 cm³/mol. The SMILES string of the molecule is CC(=O)SCCC=Cc1n[nH]c2cc(Br)ccc12. The summed E-state index contributed by atoms with van der Waals surface area (Å²) in [6, 6.07) is 6.04. The number of thioether (sulfide) groups is 1. The molecule has 0 atom stereocenters. The Morgan fingerprint density at radius 3 is 3.17 bits per heavy atom. The van der Waals surface area contributed by atoms with Gasteiger partial charge in [-0.25, -0.2) is 0 Å². The zero-order valence-corrected chi connectivity index (χ0v) is 12.3. The van der Waals surface area contributed by atoms with E-state index in [1.807, 2.05) is 30.4 Å². The summed E-state index contributed by atoms with van der Waals surface area (Å²) >= 11 is 4.78. The molecule has 0 saturated carbocycles. The van der Waals surface area contributed by atoms with Crippen LogP contribution in [0.5, 0.6) is 0 Å². The van der Waals surface area contributed by atoms with Crippen molar-refractivity contribution in [2.75, 3.05) is 5.75 Å². The Labute approximate surface area is 118 Å². The summed E-state index contributed by atoms with van der Waals surface area (Å²) in [5, 5.41) is 8.53. The summed E-state index contributed by atoms with van der Waals surface area (Å²) < 4.78 is 1.03. The van der Waals surface area contributed by atoms with Gasteiger partial charge < -0.3 is 0 Å². The van der Waals surface area contributed by atoms with Crippen LogP contribution in [0.15, 0.2) is 28.7 Å². The fraction of sp³-hybridized carbons (Fsp3) is 0.231. The summed E-state index contributed by atoms with van der Waals surface area (Å²) in [6.45, 7) is 1.59. The van der Waals surface area contributed by atoms with Gasteiger partial charge in [-0.3, -0.25) is 9.89 Å². The van der Waals surface area contributed by atoms with Crippen molar-refractivity contribution in [3.8, 4) is 0 Å². The van der Waals surface area contributed by atoms with Crippen molar-refractivity contribution in [2.45, 2.75) is 13.3 Å². The number of aromatic nitrogens is 2. The predicted octanol–water partition coefficient (Wildman–Crippen LogP) is 4.01. The van der Waals surface area contributed by atoms with Gasteiger partial charge in [0.05, 0.1) is 11.2 Å². The number of carbonyl (C=O) groups excluding carboxylic acids is 1. The number of allylic oxidation sites excluding steroid dienone is 1. The molecule has 3 nitrogen and oxygen atoms in total. The van der Waals surface area contributed by atoms with E-state index in [0.29, 0.717) is 0 Å². The Bertz CT molecular complexity index is 592. The second-order valence-corrected chi connectivity index (χ2v) is 6.02. The Morgan fingerprint density at radius 1 is 1.56 bits per heavy atom. The van der Waals surface area contributed by atoms with E-state index in [9.17, 15) is 4.79 Å². The molecule has 1 aromatic carbocycles. The Hall–Kier alpha value is -1.07. The van der Waals surface area contributed by atoms with E-state index in [4.69, 9.17) is 0 Å². The van der Waals surface area contributed by atoms with Crippen molar-refractivity contribution in [3.63, 3.8) is 0 Å². The van der Waals surface area contributed by atoms with Gasteiger partial charge in [0.15, 0.2) is 5.12 Å². The fourth-order valence-corrected chi connectivity index (χ4v) is 2.51. The maximum absolute atomic E-state index is 10.8. The minimum atomic E-state index is 0.165. The van der Waals surface area contributed by atoms with Crippen LogP contribution in [0, 0.1) is 0 Å². The molecule has 1 N–H and O–H groups in total. The molecule has 0 amide bonds. The highest BCUT2D eigenvalue weighted by molar-refractivity contribution is 9.10. The molecule has 0 spiro atoms. The number of nitrogens with one attached hydrogen (secondary N) is 1. The second-order valence-electron chi connectivity index (χ2n) is 3.83. The minimum Gasteiger partial charge on any atom is -0.288 e. The van der Waals surface area contributed by atoms with Crippen LogP contribution in [0.4, 0.5) is 0 Å². The third-order valence-corrected chi connectivity index (χ3v) is 3.76. The van der Waals surface area contributed by atoms with Crippen molar-refractivity contribution in [2.24, 2.45) is 0 Å². The largest absolute Gasteiger partial charge is 0.288 e. The Morgan fingerprint density at radius 2 is 2.39 bits per heavy atom. The monoisotopic (exact) mass is 324 g/mol. The van der Waals surface area contributed by atoms with Crippen molar-refractivity contribution in [1.82, 2.24) is 10.2 Å². The first-order chi connectivity index (χ1) is 8.66. The minimum absolute atomic E-state index is 0.165. The van der Waals surface area contributed by atoms with Crippen LogP contribution in [0.25, 0.3) is 17.0 Å². The van der Waals surface area contributed by atoms with Crippen LogP contribution in [0.1, 0.15) is 19.0 Å². The number of hydrogen-bond acceptors (Lipinski definition) is 3. The molecule has 18 heavy (non-hydrogen) atoms. The van der Waals surface area contributed by atoms with Crippen molar-refractivity contribution in [3.05, 3.63) is 34.4 Å². The molecule has 0 fully saturated rings. The van der Waals surface area contributed by atoms with E-state index in [1.54, 1.807) is 6.92 Å². The number of carbonyl (C=O) groups is 1. The molecule has 0 aliphatic rings. The number of benzene rings is 1. The van der Waals surface area contributed by atoms with Gasteiger partial charge in [-0.05, 0) is 30.7 Å². The van der Waals surface area contributed by atoms with Crippen molar-refractivity contribution in [1.29, 1.82) is 0 Å². The lowest BCUT2D eigenvalue weighted by Gasteiger charge is -1.92. The lowest BCUT2D eigenvalue weighted by Crippen LogP contribution is -1.83. The fourth-order valence-electron chi connectivity index (χ4n) is 1.61. The first-order valence-corrected chi connectivity index (χ1v) is 7.38. The molecule has 0 saturated heterocycles. The standard InChI is InChI=1S/C13H13BrN2OS/c1-9(17)18-7-3-2-4-12-11-6-5-10(14)8-13(11)16-15-12/h2,4-6,8H,3,7H2,1H3,(H,15,16). The number of H-pyrrole nitrogens is 1. The number of fused-ring (bicyclic) bond motifs is 1. The lowest BCUT2D eigenvalue weighted by atomic mass is 10.2. The Balaban J connectivity index is 2.03. The van der Waals surface area contributed by atoms with Gasteiger partial charge in [-0.15, -0.1) is 0 Å². The van der Waals surface area contributed by atoms with E-state index in [-0.39, 0.29) is 5.12 Å². The van der Waals surface area contributed by atoms with E-state index < -0.39 is 0 Å². The topological polar surface area (TPSA) is 45.8 Å². The number of nitrogens with zero attached hydrogens (tertiary/aromatic N) is 1. The smallest absolute Gasteiger partial charge is 0.185 e. The molecule has 2 aromatic rings. The molecule has 94 valence electrons. The second kappa shape index (κ2) is 6.20. The quantitative estimate of drug-likeness (QED) is 0.864. The molecule has 5 heteroatoms. The lowest BCUT2D eigenvalue weighted by molar-refractivity contribution is -0.109. The molecule has 0 aliphatic heterocycles. The first-order valence-electron chi connectivity index (χ1n) is 5.60. The summed E-state index contributed by atoms with van der Waals surface area (Å²) in [4.78, 5) is 10.8. The first kappa shape index (κ1) is 13.4. The van der Waals surface area contributed by atoms with Crippen LogP contribution in [0.3, 0.4) is 0 Å². The van der Waals surface area contributed by atoms with E-state index in [2.05, 4.69) is 26.1 Å². The van der Waals surface area contributed by atoms with Gasteiger partial charge in [0.1, 0.15) is 0 Å². The van der Waals surface area contributed by atoms with Crippen LogP contribution < -0.4 is 0 Å². The molecule has 1 aromatic heterocycles. The zero-order valence-electron chi connectivity index (χ0n) is 9.94. The van der Waals surface area contributed by atoms with Gasteiger partial charge in [-0.1, -0.05) is 33.8 Å². The van der Waals surface area contributed by atoms with E-state index in [0.717, 1.165) is 33.2 Å². The average Bonchev–Trinajstić information content (AvgIpc) is 2.70.